The summed E-state index contributed by atoms with van der Waals surface area (Å²) in [6, 6.07) is 8.21. The first kappa shape index (κ1) is 12.8. The van der Waals surface area contributed by atoms with E-state index in [1.54, 1.807) is 11.3 Å². The lowest BCUT2D eigenvalue weighted by Crippen LogP contribution is -2.01. The van der Waals surface area contributed by atoms with Crippen molar-refractivity contribution in [1.82, 2.24) is 0 Å². The molecule has 0 spiro atoms. The van der Waals surface area contributed by atoms with Gasteiger partial charge in [-0.05, 0) is 52.5 Å². The molecule has 1 aromatic heterocycles. The maximum Gasteiger partial charge on any atom is 0.0838 e. The summed E-state index contributed by atoms with van der Waals surface area (Å²) in [5, 5.41) is 12.2. The number of rotatable bonds is 3. The number of thiophene rings is 1. The second kappa shape index (κ2) is 5.34. The Morgan fingerprint density at radius 2 is 2.00 bits per heavy atom. The fourth-order valence-electron chi connectivity index (χ4n) is 1.74. The lowest BCUT2D eigenvalue weighted by molar-refractivity contribution is 0.179. The molecule has 0 amide bonds. The van der Waals surface area contributed by atoms with Gasteiger partial charge in [-0.25, -0.2) is 0 Å². The summed E-state index contributed by atoms with van der Waals surface area (Å²) < 4.78 is 1.09. The molecule has 1 N–H and O–H groups in total. The van der Waals surface area contributed by atoms with E-state index in [1.165, 1.54) is 16.0 Å². The van der Waals surface area contributed by atoms with Crippen LogP contribution in [-0.2, 0) is 6.42 Å². The molecule has 1 atom stereocenters. The van der Waals surface area contributed by atoms with E-state index in [0.29, 0.717) is 6.42 Å². The fourth-order valence-corrected chi connectivity index (χ4v) is 3.23. The van der Waals surface area contributed by atoms with E-state index in [1.807, 2.05) is 11.4 Å². The van der Waals surface area contributed by atoms with Gasteiger partial charge in [0.05, 0.1) is 6.10 Å². The molecule has 2 rings (SSSR count). The van der Waals surface area contributed by atoms with Crippen molar-refractivity contribution in [3.8, 4) is 0 Å². The van der Waals surface area contributed by atoms with Gasteiger partial charge in [-0.15, -0.1) is 11.3 Å². The van der Waals surface area contributed by atoms with Crippen LogP contribution in [0.5, 0.6) is 0 Å². The lowest BCUT2D eigenvalue weighted by atomic mass is 10.0. The van der Waals surface area contributed by atoms with E-state index >= 15 is 0 Å². The number of benzene rings is 1. The molecule has 0 aliphatic heterocycles. The second-order valence-electron chi connectivity index (χ2n) is 4.29. The van der Waals surface area contributed by atoms with Crippen molar-refractivity contribution in [3.05, 3.63) is 55.7 Å². The van der Waals surface area contributed by atoms with Gasteiger partial charge in [0.1, 0.15) is 0 Å². The van der Waals surface area contributed by atoms with E-state index < -0.39 is 6.10 Å². The molecular weight excluding hydrogens is 296 g/mol. The van der Waals surface area contributed by atoms with Gasteiger partial charge in [-0.1, -0.05) is 18.2 Å². The summed E-state index contributed by atoms with van der Waals surface area (Å²) in [6.07, 6.45) is 0.263. The minimum Gasteiger partial charge on any atom is -0.388 e. The molecular formula is C14H15BrOS. The smallest absolute Gasteiger partial charge is 0.0838 e. The summed E-state index contributed by atoms with van der Waals surface area (Å²) in [5.41, 5.74) is 3.49. The highest BCUT2D eigenvalue weighted by Crippen LogP contribution is 2.26. The SMILES string of the molecule is Cc1ccc(C(O)Cc2cc(Br)cs2)cc1C. The molecule has 17 heavy (non-hydrogen) atoms. The zero-order valence-corrected chi connectivity index (χ0v) is 12.3. The monoisotopic (exact) mass is 310 g/mol. The Morgan fingerprint density at radius 3 is 2.59 bits per heavy atom. The third-order valence-electron chi connectivity index (χ3n) is 2.93. The zero-order valence-electron chi connectivity index (χ0n) is 9.90. The molecule has 0 saturated carbocycles. The van der Waals surface area contributed by atoms with Crippen LogP contribution in [0.25, 0.3) is 0 Å². The van der Waals surface area contributed by atoms with E-state index in [-0.39, 0.29) is 0 Å². The summed E-state index contributed by atoms with van der Waals surface area (Å²) in [4.78, 5) is 1.20. The Morgan fingerprint density at radius 1 is 1.24 bits per heavy atom. The summed E-state index contributed by atoms with van der Waals surface area (Å²) >= 11 is 5.10. The van der Waals surface area contributed by atoms with E-state index in [2.05, 4.69) is 48.0 Å². The molecule has 0 aliphatic rings. The topological polar surface area (TPSA) is 20.2 Å². The van der Waals surface area contributed by atoms with Gasteiger partial charge in [-0.3, -0.25) is 0 Å². The predicted molar refractivity (Wildman–Crippen MR) is 76.6 cm³/mol. The van der Waals surface area contributed by atoms with Crippen molar-refractivity contribution in [2.75, 3.05) is 0 Å². The number of hydrogen-bond acceptors (Lipinski definition) is 2. The standard InChI is InChI=1S/C14H15BrOS/c1-9-3-4-11(5-10(9)2)14(16)7-13-6-12(15)8-17-13/h3-6,8,14,16H,7H2,1-2H3. The van der Waals surface area contributed by atoms with Crippen molar-refractivity contribution in [2.45, 2.75) is 26.4 Å². The zero-order chi connectivity index (χ0) is 12.4. The van der Waals surface area contributed by atoms with Crippen LogP contribution in [-0.4, -0.2) is 5.11 Å². The van der Waals surface area contributed by atoms with Crippen molar-refractivity contribution in [3.63, 3.8) is 0 Å². The summed E-state index contributed by atoms with van der Waals surface area (Å²) in [6.45, 7) is 4.16. The Balaban J connectivity index is 2.14. The normalized spacial score (nSPS) is 12.7. The molecule has 0 saturated heterocycles. The molecule has 1 unspecified atom stereocenters. The predicted octanol–water partition coefficient (Wildman–Crippen LogP) is 4.40. The number of aryl methyl sites for hydroxylation is 2. The minimum atomic E-state index is -0.417. The van der Waals surface area contributed by atoms with Crippen LogP contribution in [0.2, 0.25) is 0 Å². The second-order valence-corrected chi connectivity index (χ2v) is 6.21. The van der Waals surface area contributed by atoms with Crippen LogP contribution in [0.1, 0.15) is 27.7 Å². The molecule has 1 aromatic carbocycles. The number of halogens is 1. The van der Waals surface area contributed by atoms with E-state index in [0.717, 1.165) is 10.0 Å². The Hall–Kier alpha value is -0.640. The maximum atomic E-state index is 10.2. The van der Waals surface area contributed by atoms with Gasteiger partial charge in [-0.2, -0.15) is 0 Å². The van der Waals surface area contributed by atoms with Gasteiger partial charge < -0.3 is 5.11 Å². The maximum absolute atomic E-state index is 10.2. The minimum absolute atomic E-state index is 0.417. The molecule has 1 nitrogen and oxygen atoms in total. The molecule has 2 aromatic rings. The van der Waals surface area contributed by atoms with Crippen LogP contribution in [0, 0.1) is 13.8 Å². The first-order chi connectivity index (χ1) is 8.06. The quantitative estimate of drug-likeness (QED) is 0.890. The average molecular weight is 311 g/mol. The van der Waals surface area contributed by atoms with Crippen LogP contribution in [0.3, 0.4) is 0 Å². The molecule has 1 heterocycles. The summed E-state index contributed by atoms with van der Waals surface area (Å²) in [7, 11) is 0. The van der Waals surface area contributed by atoms with Crippen molar-refractivity contribution >= 4 is 27.3 Å². The van der Waals surface area contributed by atoms with Gasteiger partial charge in [0.2, 0.25) is 0 Å². The number of aliphatic hydroxyl groups is 1. The van der Waals surface area contributed by atoms with Crippen LogP contribution < -0.4 is 0 Å². The summed E-state index contributed by atoms with van der Waals surface area (Å²) in [5.74, 6) is 0. The first-order valence-electron chi connectivity index (χ1n) is 5.54. The van der Waals surface area contributed by atoms with Crippen LogP contribution >= 0.6 is 27.3 Å². The lowest BCUT2D eigenvalue weighted by Gasteiger charge is -2.11. The third-order valence-corrected chi connectivity index (χ3v) is 4.65. The van der Waals surface area contributed by atoms with E-state index in [4.69, 9.17) is 0 Å². The van der Waals surface area contributed by atoms with Crippen LogP contribution in [0.15, 0.2) is 34.1 Å². The van der Waals surface area contributed by atoms with Crippen molar-refractivity contribution < 1.29 is 5.11 Å². The van der Waals surface area contributed by atoms with Crippen LogP contribution in [0.4, 0.5) is 0 Å². The molecule has 90 valence electrons. The number of aliphatic hydroxyl groups excluding tert-OH is 1. The van der Waals surface area contributed by atoms with Gasteiger partial charge >= 0.3 is 0 Å². The largest absolute Gasteiger partial charge is 0.388 e. The van der Waals surface area contributed by atoms with Gasteiger partial charge in [0.25, 0.3) is 0 Å². The first-order valence-corrected chi connectivity index (χ1v) is 7.21. The molecule has 0 aliphatic carbocycles. The van der Waals surface area contributed by atoms with E-state index in [9.17, 15) is 5.11 Å². The highest BCUT2D eigenvalue weighted by atomic mass is 79.9. The molecule has 0 bridgehead atoms. The third kappa shape index (κ3) is 3.18. The molecule has 3 heteroatoms. The van der Waals surface area contributed by atoms with Gasteiger partial charge in [0, 0.05) is 21.2 Å². The average Bonchev–Trinajstić information content (AvgIpc) is 2.68. The fraction of sp³-hybridized carbons (Fsp3) is 0.286. The molecule has 0 radical (unpaired) electrons. The van der Waals surface area contributed by atoms with Crippen molar-refractivity contribution in [2.24, 2.45) is 0 Å². The highest BCUT2D eigenvalue weighted by Gasteiger charge is 2.10. The van der Waals surface area contributed by atoms with Gasteiger partial charge in [0.15, 0.2) is 0 Å². The Kier molecular flexibility index (Phi) is 4.02. The molecule has 0 fully saturated rings. The number of hydrogen-bond donors (Lipinski definition) is 1. The Bertz CT molecular complexity index is 519. The highest BCUT2D eigenvalue weighted by molar-refractivity contribution is 9.10. The van der Waals surface area contributed by atoms with Crippen molar-refractivity contribution in [1.29, 1.82) is 0 Å². The Labute approximate surface area is 114 Å².